The Morgan fingerprint density at radius 3 is 2.33 bits per heavy atom. The van der Waals surface area contributed by atoms with Crippen LogP contribution >= 0.6 is 0 Å². The van der Waals surface area contributed by atoms with Crippen LogP contribution in [0.25, 0.3) is 0 Å². The third-order valence-electron chi connectivity index (χ3n) is 3.63. The second-order valence-electron chi connectivity index (χ2n) is 4.82. The first kappa shape index (κ1) is 13.2. The summed E-state index contributed by atoms with van der Waals surface area (Å²) in [6.07, 6.45) is 3.14. The van der Waals surface area contributed by atoms with Crippen LogP contribution in [0.5, 0.6) is 11.5 Å². The van der Waals surface area contributed by atoms with E-state index in [0.29, 0.717) is 6.61 Å². The number of hydrogen-bond donors (Lipinski definition) is 1. The summed E-state index contributed by atoms with van der Waals surface area (Å²) in [5.74, 6) is 1.47. The third-order valence-corrected chi connectivity index (χ3v) is 3.63. The topological polar surface area (TPSA) is 53.7 Å². The molecule has 0 radical (unpaired) electrons. The Bertz CT molecular complexity index is 427. The standard InChI is InChI=1S/C14H21NO3/c1-16-9-10-7-11(14(15)5-4-6-14)13(18-3)12(8-10)17-2/h7-8H,4-6,9,15H2,1-3H3. The summed E-state index contributed by atoms with van der Waals surface area (Å²) in [5.41, 5.74) is 8.22. The molecular weight excluding hydrogens is 230 g/mol. The van der Waals surface area contributed by atoms with Crippen molar-refractivity contribution < 1.29 is 14.2 Å². The highest BCUT2D eigenvalue weighted by atomic mass is 16.5. The Hall–Kier alpha value is -1.26. The van der Waals surface area contributed by atoms with Crippen molar-refractivity contribution >= 4 is 0 Å². The lowest BCUT2D eigenvalue weighted by Crippen LogP contribution is -2.43. The Balaban J connectivity index is 2.49. The SMILES string of the molecule is COCc1cc(OC)c(OC)c(C2(N)CCC2)c1. The normalized spacial score (nSPS) is 17.1. The van der Waals surface area contributed by atoms with Gasteiger partial charge in [0.05, 0.1) is 20.8 Å². The predicted octanol–water partition coefficient (Wildman–Crippen LogP) is 2.19. The van der Waals surface area contributed by atoms with Crippen LogP contribution in [0.4, 0.5) is 0 Å². The summed E-state index contributed by atoms with van der Waals surface area (Å²) >= 11 is 0. The molecule has 1 saturated carbocycles. The first-order valence-electron chi connectivity index (χ1n) is 6.18. The number of rotatable bonds is 5. The predicted molar refractivity (Wildman–Crippen MR) is 70.0 cm³/mol. The molecule has 2 N–H and O–H groups in total. The average molecular weight is 251 g/mol. The van der Waals surface area contributed by atoms with Crippen molar-refractivity contribution in [2.75, 3.05) is 21.3 Å². The van der Waals surface area contributed by atoms with Gasteiger partial charge in [-0.05, 0) is 37.0 Å². The minimum Gasteiger partial charge on any atom is -0.493 e. The summed E-state index contributed by atoms with van der Waals surface area (Å²) in [4.78, 5) is 0. The zero-order chi connectivity index (χ0) is 13.2. The van der Waals surface area contributed by atoms with Crippen molar-refractivity contribution in [3.63, 3.8) is 0 Å². The summed E-state index contributed by atoms with van der Waals surface area (Å²) < 4.78 is 16.1. The largest absolute Gasteiger partial charge is 0.493 e. The highest BCUT2D eigenvalue weighted by Gasteiger charge is 2.38. The smallest absolute Gasteiger partial charge is 0.165 e. The van der Waals surface area contributed by atoms with Crippen LogP contribution in [0.3, 0.4) is 0 Å². The molecule has 4 nitrogen and oxygen atoms in total. The van der Waals surface area contributed by atoms with Crippen molar-refractivity contribution in [3.8, 4) is 11.5 Å². The molecule has 100 valence electrons. The monoisotopic (exact) mass is 251 g/mol. The molecule has 0 amide bonds. The second-order valence-corrected chi connectivity index (χ2v) is 4.82. The van der Waals surface area contributed by atoms with Crippen LogP contribution in [-0.4, -0.2) is 21.3 Å². The fourth-order valence-corrected chi connectivity index (χ4v) is 2.47. The van der Waals surface area contributed by atoms with Gasteiger partial charge in [0.2, 0.25) is 0 Å². The van der Waals surface area contributed by atoms with Gasteiger partial charge in [0.25, 0.3) is 0 Å². The van der Waals surface area contributed by atoms with E-state index in [1.807, 2.05) is 6.07 Å². The van der Waals surface area contributed by atoms with Gasteiger partial charge < -0.3 is 19.9 Å². The van der Waals surface area contributed by atoms with Crippen molar-refractivity contribution in [1.82, 2.24) is 0 Å². The first-order valence-corrected chi connectivity index (χ1v) is 6.18. The summed E-state index contributed by atoms with van der Waals surface area (Å²) in [6, 6.07) is 4.01. The molecule has 1 aromatic rings. The van der Waals surface area contributed by atoms with Crippen molar-refractivity contribution in [3.05, 3.63) is 23.3 Å². The first-order chi connectivity index (χ1) is 8.64. The van der Waals surface area contributed by atoms with E-state index >= 15 is 0 Å². The van der Waals surface area contributed by atoms with Crippen LogP contribution in [0.2, 0.25) is 0 Å². The molecule has 0 spiro atoms. The molecule has 2 rings (SSSR count). The van der Waals surface area contributed by atoms with Crippen LogP contribution in [0.15, 0.2) is 12.1 Å². The van der Waals surface area contributed by atoms with Crippen LogP contribution < -0.4 is 15.2 Å². The maximum Gasteiger partial charge on any atom is 0.165 e. The van der Waals surface area contributed by atoms with E-state index < -0.39 is 0 Å². The highest BCUT2D eigenvalue weighted by Crippen LogP contribution is 2.46. The van der Waals surface area contributed by atoms with E-state index in [9.17, 15) is 0 Å². The van der Waals surface area contributed by atoms with Gasteiger partial charge in [-0.3, -0.25) is 0 Å². The molecule has 4 heteroatoms. The molecule has 0 atom stereocenters. The summed E-state index contributed by atoms with van der Waals surface area (Å²) in [6.45, 7) is 0.545. The molecular formula is C14H21NO3. The maximum absolute atomic E-state index is 6.41. The molecule has 0 aromatic heterocycles. The van der Waals surface area contributed by atoms with Crippen LogP contribution in [-0.2, 0) is 16.9 Å². The molecule has 18 heavy (non-hydrogen) atoms. The lowest BCUT2D eigenvalue weighted by Gasteiger charge is -2.39. The molecule has 0 heterocycles. The molecule has 0 bridgehead atoms. The zero-order valence-corrected chi connectivity index (χ0v) is 11.3. The number of benzene rings is 1. The van der Waals surface area contributed by atoms with E-state index in [4.69, 9.17) is 19.9 Å². The highest BCUT2D eigenvalue weighted by molar-refractivity contribution is 5.53. The van der Waals surface area contributed by atoms with Gasteiger partial charge in [-0.2, -0.15) is 0 Å². The Labute approximate surface area is 108 Å². The van der Waals surface area contributed by atoms with Gasteiger partial charge in [0.1, 0.15) is 0 Å². The molecule has 1 fully saturated rings. The van der Waals surface area contributed by atoms with Gasteiger partial charge in [-0.1, -0.05) is 0 Å². The van der Waals surface area contributed by atoms with Crippen molar-refractivity contribution in [2.24, 2.45) is 5.73 Å². The van der Waals surface area contributed by atoms with Crippen molar-refractivity contribution in [1.29, 1.82) is 0 Å². The van der Waals surface area contributed by atoms with Gasteiger partial charge >= 0.3 is 0 Å². The molecule has 1 aliphatic carbocycles. The number of ether oxygens (including phenoxy) is 3. The number of hydrogen-bond acceptors (Lipinski definition) is 4. The Morgan fingerprint density at radius 2 is 1.89 bits per heavy atom. The minimum atomic E-state index is -0.275. The second kappa shape index (κ2) is 5.16. The zero-order valence-electron chi connectivity index (χ0n) is 11.3. The molecule has 0 unspecified atom stereocenters. The van der Waals surface area contributed by atoms with E-state index in [1.165, 1.54) is 0 Å². The number of methoxy groups -OCH3 is 3. The van der Waals surface area contributed by atoms with Crippen LogP contribution in [0, 0.1) is 0 Å². The van der Waals surface area contributed by atoms with Crippen molar-refractivity contribution in [2.45, 2.75) is 31.4 Å². The Kier molecular flexibility index (Phi) is 3.78. The molecule has 1 aromatic carbocycles. The van der Waals surface area contributed by atoms with Gasteiger partial charge in [-0.25, -0.2) is 0 Å². The third kappa shape index (κ3) is 2.18. The summed E-state index contributed by atoms with van der Waals surface area (Å²) in [7, 11) is 4.97. The fraction of sp³-hybridized carbons (Fsp3) is 0.571. The van der Waals surface area contributed by atoms with Gasteiger partial charge in [0, 0.05) is 18.2 Å². The number of nitrogens with two attached hydrogens (primary N) is 1. The van der Waals surface area contributed by atoms with Crippen LogP contribution in [0.1, 0.15) is 30.4 Å². The van der Waals surface area contributed by atoms with E-state index in [1.54, 1.807) is 21.3 Å². The van der Waals surface area contributed by atoms with E-state index in [0.717, 1.165) is 41.9 Å². The minimum absolute atomic E-state index is 0.275. The molecule has 0 aliphatic heterocycles. The van der Waals surface area contributed by atoms with E-state index in [-0.39, 0.29) is 5.54 Å². The fourth-order valence-electron chi connectivity index (χ4n) is 2.47. The molecule has 1 aliphatic rings. The lowest BCUT2D eigenvalue weighted by molar-refractivity contribution is 0.183. The van der Waals surface area contributed by atoms with E-state index in [2.05, 4.69) is 6.07 Å². The Morgan fingerprint density at radius 1 is 1.17 bits per heavy atom. The van der Waals surface area contributed by atoms with Gasteiger partial charge in [-0.15, -0.1) is 0 Å². The average Bonchev–Trinajstić information content (AvgIpc) is 2.35. The maximum atomic E-state index is 6.41. The quantitative estimate of drug-likeness (QED) is 0.871. The molecule has 0 saturated heterocycles. The summed E-state index contributed by atoms with van der Waals surface area (Å²) in [5, 5.41) is 0. The van der Waals surface area contributed by atoms with Gasteiger partial charge in [0.15, 0.2) is 11.5 Å². The lowest BCUT2D eigenvalue weighted by atomic mass is 9.72.